The largest absolute Gasteiger partial charge is 0.433 e. The highest BCUT2D eigenvalue weighted by Gasteiger charge is 2.27. The molecule has 9 nitrogen and oxygen atoms in total. The third-order valence-corrected chi connectivity index (χ3v) is 3.93. The van der Waals surface area contributed by atoms with Crippen molar-refractivity contribution in [2.24, 2.45) is 5.73 Å². The molecule has 0 saturated heterocycles. The first-order chi connectivity index (χ1) is 11.3. The van der Waals surface area contributed by atoms with Gasteiger partial charge in [0.15, 0.2) is 0 Å². The van der Waals surface area contributed by atoms with Gasteiger partial charge < -0.3 is 26.1 Å². The van der Waals surface area contributed by atoms with Gasteiger partial charge in [0, 0.05) is 18.7 Å². The predicted octanol–water partition coefficient (Wildman–Crippen LogP) is 2.04. The number of hydrogen-bond donors (Lipinski definition) is 3. The summed E-state index contributed by atoms with van der Waals surface area (Å²) in [6.07, 6.45) is 1.60. The van der Waals surface area contributed by atoms with Gasteiger partial charge in [-0.1, -0.05) is 0 Å². The fourth-order valence-electron chi connectivity index (χ4n) is 2.57. The van der Waals surface area contributed by atoms with Crippen LogP contribution in [0.15, 0.2) is 28.4 Å². The molecule has 0 fully saturated rings. The van der Waals surface area contributed by atoms with E-state index in [1.807, 2.05) is 0 Å². The molecule has 0 bridgehead atoms. The fraction of sp³-hybridized carbons (Fsp3) is 0.133. The summed E-state index contributed by atoms with van der Waals surface area (Å²) in [5.74, 6) is 0.0112. The van der Waals surface area contributed by atoms with Crippen LogP contribution in [0, 0.1) is 17.0 Å². The Morgan fingerprint density at radius 3 is 2.75 bits per heavy atom. The lowest BCUT2D eigenvalue weighted by molar-refractivity contribution is -0.402. The number of nitro groups is 1. The van der Waals surface area contributed by atoms with E-state index in [0.717, 1.165) is 0 Å². The van der Waals surface area contributed by atoms with Crippen LogP contribution in [0.1, 0.15) is 21.7 Å². The van der Waals surface area contributed by atoms with Crippen LogP contribution < -0.4 is 21.7 Å². The molecule has 1 aliphatic heterocycles. The summed E-state index contributed by atoms with van der Waals surface area (Å²) in [5.41, 5.74) is 14.2. The summed E-state index contributed by atoms with van der Waals surface area (Å²) >= 11 is 0. The third-order valence-electron chi connectivity index (χ3n) is 3.93. The molecule has 2 heterocycles. The molecule has 9 heteroatoms. The van der Waals surface area contributed by atoms with Crippen LogP contribution >= 0.6 is 0 Å². The number of carbonyl (C=O) groups excluding carboxylic acids is 1. The smallest absolute Gasteiger partial charge is 0.401 e. The Hall–Kier alpha value is -3.49. The van der Waals surface area contributed by atoms with Crippen molar-refractivity contribution in [1.82, 2.24) is 0 Å². The number of primary amides is 1. The minimum absolute atomic E-state index is 0.314. The van der Waals surface area contributed by atoms with Crippen LogP contribution in [0.3, 0.4) is 0 Å². The first-order valence-electron chi connectivity index (χ1n) is 6.99. The molecule has 0 aliphatic carbocycles. The number of benzene rings is 1. The Labute approximate surface area is 136 Å². The molecule has 0 atom stereocenters. The number of rotatable bonds is 3. The molecule has 0 saturated carbocycles. The monoisotopic (exact) mass is 329 g/mol. The number of nitrogens with two attached hydrogens (primary N) is 2. The van der Waals surface area contributed by atoms with Crippen LogP contribution in [-0.2, 0) is 0 Å². The fourth-order valence-corrected chi connectivity index (χ4v) is 2.57. The minimum Gasteiger partial charge on any atom is -0.401 e. The van der Waals surface area contributed by atoms with E-state index < -0.39 is 10.8 Å². The maximum absolute atomic E-state index is 11.6. The number of amides is 1. The van der Waals surface area contributed by atoms with Gasteiger partial charge in [0.2, 0.25) is 5.91 Å². The molecule has 0 radical (unpaired) electrons. The number of anilines is 3. The van der Waals surface area contributed by atoms with Crippen molar-refractivity contribution in [3.05, 3.63) is 51.0 Å². The Bertz CT molecular complexity index is 900. The van der Waals surface area contributed by atoms with Gasteiger partial charge in [0.05, 0.1) is 23.1 Å². The van der Waals surface area contributed by atoms with Crippen molar-refractivity contribution in [2.75, 3.05) is 23.0 Å². The van der Waals surface area contributed by atoms with Gasteiger partial charge in [-0.2, -0.15) is 0 Å². The van der Waals surface area contributed by atoms with Crippen molar-refractivity contribution in [2.45, 2.75) is 6.92 Å². The number of carbonyl (C=O) groups is 1. The van der Waals surface area contributed by atoms with Gasteiger partial charge in [-0.25, -0.2) is 0 Å². The zero-order valence-corrected chi connectivity index (χ0v) is 13.0. The number of hydrogen-bond acceptors (Lipinski definition) is 7. The Balaban J connectivity index is 2.02. The first-order valence-corrected chi connectivity index (χ1v) is 6.99. The molecule has 0 spiro atoms. The molecule has 0 unspecified atom stereocenters. The zero-order valence-electron chi connectivity index (χ0n) is 13.0. The Kier molecular flexibility index (Phi) is 3.40. The lowest BCUT2D eigenvalue weighted by Gasteiger charge is -2.14. The van der Waals surface area contributed by atoms with Crippen LogP contribution in [0.4, 0.5) is 22.9 Å². The van der Waals surface area contributed by atoms with Crippen LogP contribution in [0.25, 0.3) is 6.08 Å². The Morgan fingerprint density at radius 1 is 1.46 bits per heavy atom. The van der Waals surface area contributed by atoms with Gasteiger partial charge in [0.1, 0.15) is 16.5 Å². The molecule has 24 heavy (non-hydrogen) atoms. The molecule has 2 aromatic rings. The topological polar surface area (TPSA) is 141 Å². The van der Waals surface area contributed by atoms with Gasteiger partial charge >= 0.3 is 5.88 Å². The zero-order chi connectivity index (χ0) is 17.6. The third kappa shape index (κ3) is 2.32. The Morgan fingerprint density at radius 2 is 2.17 bits per heavy atom. The number of fused-ring (bicyclic) bond motifs is 1. The average Bonchev–Trinajstić information content (AvgIpc) is 3.10. The normalized spacial score (nSPS) is 14.6. The summed E-state index contributed by atoms with van der Waals surface area (Å²) in [6, 6.07) is 4.42. The van der Waals surface area contributed by atoms with E-state index >= 15 is 0 Å². The van der Waals surface area contributed by atoms with Crippen LogP contribution in [0.5, 0.6) is 0 Å². The second kappa shape index (κ2) is 5.30. The summed E-state index contributed by atoms with van der Waals surface area (Å²) in [7, 11) is 1.77. The highest BCUT2D eigenvalue weighted by molar-refractivity contribution is 6.03. The molecule has 124 valence electrons. The first kappa shape index (κ1) is 15.4. The maximum Gasteiger partial charge on any atom is 0.433 e. The van der Waals surface area contributed by atoms with Gasteiger partial charge in [0.25, 0.3) is 0 Å². The molecule has 1 amide bonds. The van der Waals surface area contributed by atoms with Crippen molar-refractivity contribution in [1.29, 1.82) is 0 Å². The number of nitrogen functional groups attached to an aromatic ring is 1. The lowest BCUT2D eigenvalue weighted by Crippen LogP contribution is -2.16. The second-order valence-electron chi connectivity index (χ2n) is 5.37. The molecular weight excluding hydrogens is 314 g/mol. The van der Waals surface area contributed by atoms with Crippen molar-refractivity contribution in [3.63, 3.8) is 0 Å². The lowest BCUT2D eigenvalue weighted by atomic mass is 10.0. The highest BCUT2D eigenvalue weighted by Crippen LogP contribution is 2.43. The molecule has 1 aliphatic rings. The molecule has 1 aromatic heterocycles. The summed E-state index contributed by atoms with van der Waals surface area (Å²) < 4.78 is 5.12. The van der Waals surface area contributed by atoms with Crippen LogP contribution in [-0.4, -0.2) is 17.9 Å². The molecular formula is C15H15N5O4. The van der Waals surface area contributed by atoms with Crippen LogP contribution in [0.2, 0.25) is 0 Å². The number of nitrogens with one attached hydrogen (secondary N) is 1. The molecule has 5 N–H and O–H groups in total. The second-order valence-corrected chi connectivity index (χ2v) is 5.37. The molecule has 3 rings (SSSR count). The van der Waals surface area contributed by atoms with Gasteiger partial charge in [-0.05, 0) is 24.6 Å². The van der Waals surface area contributed by atoms with E-state index in [1.54, 1.807) is 31.0 Å². The predicted molar refractivity (Wildman–Crippen MR) is 89.5 cm³/mol. The van der Waals surface area contributed by atoms with Gasteiger partial charge in [-0.3, -0.25) is 14.9 Å². The van der Waals surface area contributed by atoms with E-state index in [9.17, 15) is 14.9 Å². The van der Waals surface area contributed by atoms with E-state index in [0.29, 0.717) is 39.8 Å². The van der Waals surface area contributed by atoms with Crippen molar-refractivity contribution < 1.29 is 14.1 Å². The minimum atomic E-state index is -0.608. The summed E-state index contributed by atoms with van der Waals surface area (Å²) in [6.45, 7) is 1.72. The summed E-state index contributed by atoms with van der Waals surface area (Å²) in [5, 5.41) is 13.8. The van der Waals surface area contributed by atoms with E-state index in [-0.39, 0.29) is 5.88 Å². The highest BCUT2D eigenvalue weighted by atomic mass is 16.6. The molecule has 1 aromatic carbocycles. The van der Waals surface area contributed by atoms with Crippen molar-refractivity contribution >= 4 is 34.9 Å². The summed E-state index contributed by atoms with van der Waals surface area (Å²) in [4.78, 5) is 23.4. The number of nitrogens with zero attached hydrogens (tertiary/aromatic N) is 2. The van der Waals surface area contributed by atoms with E-state index in [2.05, 4.69) is 5.32 Å². The van der Waals surface area contributed by atoms with Gasteiger partial charge in [-0.15, -0.1) is 0 Å². The SMILES string of the molecule is Cc1c(C(N)=O)cc2c(c1N)NC(=Cc1ccc([N+](=O)[O-])o1)N2C. The maximum atomic E-state index is 11.6. The standard InChI is InChI=1S/C15H15N5O4/c1-7-9(15(17)21)6-10-14(13(7)16)18-11(19(10)2)5-8-3-4-12(24-8)20(22)23/h3-6,18H,16H2,1-2H3,(H2,17,21). The van der Waals surface area contributed by atoms with E-state index in [1.165, 1.54) is 12.1 Å². The van der Waals surface area contributed by atoms with E-state index in [4.69, 9.17) is 15.9 Å². The van der Waals surface area contributed by atoms with Crippen molar-refractivity contribution in [3.8, 4) is 0 Å². The quantitative estimate of drug-likeness (QED) is 0.444. The number of furan rings is 1. The average molecular weight is 329 g/mol.